The van der Waals surface area contributed by atoms with Gasteiger partial charge in [0.2, 0.25) is 0 Å². The third kappa shape index (κ3) is 3.51. The van der Waals surface area contributed by atoms with E-state index in [1.807, 2.05) is 6.07 Å². The quantitative estimate of drug-likeness (QED) is 0.589. The summed E-state index contributed by atoms with van der Waals surface area (Å²) in [5.74, 6) is -0.278. The van der Waals surface area contributed by atoms with Gasteiger partial charge in [0.15, 0.2) is 0 Å². The van der Waals surface area contributed by atoms with Crippen LogP contribution in [-0.4, -0.2) is 34.2 Å². The number of piperidine rings is 1. The molecule has 0 unspecified atom stereocenters. The number of ether oxygens (including phenoxy) is 1. The van der Waals surface area contributed by atoms with Gasteiger partial charge in [-0.3, -0.25) is 0 Å². The zero-order chi connectivity index (χ0) is 22.5. The summed E-state index contributed by atoms with van der Waals surface area (Å²) in [7, 11) is 0. The zero-order valence-corrected chi connectivity index (χ0v) is 17.5. The lowest BCUT2D eigenvalue weighted by molar-refractivity contribution is -0.140. The van der Waals surface area contributed by atoms with E-state index in [0.717, 1.165) is 48.7 Å². The lowest BCUT2D eigenvalue weighted by Crippen LogP contribution is -2.46. The fraction of sp³-hybridized carbons (Fsp3) is 0.455. The summed E-state index contributed by atoms with van der Waals surface area (Å²) in [5.41, 5.74) is 0.0494. The molecule has 4 heterocycles. The second kappa shape index (κ2) is 7.70. The van der Waals surface area contributed by atoms with Crippen molar-refractivity contribution in [3.63, 3.8) is 0 Å². The van der Waals surface area contributed by atoms with Crippen LogP contribution >= 0.6 is 0 Å². The van der Waals surface area contributed by atoms with E-state index in [-0.39, 0.29) is 17.7 Å². The van der Waals surface area contributed by atoms with Crippen molar-refractivity contribution < 1.29 is 22.3 Å². The molecule has 2 aromatic heterocycles. The number of alkyl halides is 3. The number of hydrogen-bond acceptors (Lipinski definition) is 5. The largest absolute Gasteiger partial charge is 0.419 e. The van der Waals surface area contributed by atoms with Crippen molar-refractivity contribution in [3.05, 3.63) is 52.7 Å². The van der Waals surface area contributed by atoms with Crippen LogP contribution in [0.5, 0.6) is 0 Å². The molecule has 0 aliphatic carbocycles. The number of aryl methyl sites for hydroxylation is 1. The first kappa shape index (κ1) is 21.1. The van der Waals surface area contributed by atoms with Gasteiger partial charge in [-0.05, 0) is 45.0 Å². The van der Waals surface area contributed by atoms with E-state index in [1.165, 1.54) is 12.1 Å². The number of aromatic nitrogens is 3. The first-order valence-corrected chi connectivity index (χ1v) is 10.6. The second-order valence-corrected chi connectivity index (χ2v) is 8.26. The predicted octanol–water partition coefficient (Wildman–Crippen LogP) is 4.12. The summed E-state index contributed by atoms with van der Waals surface area (Å²) in [4.78, 5) is 9.09. The van der Waals surface area contributed by atoms with Crippen LogP contribution in [-0.2, 0) is 29.6 Å². The second-order valence-electron chi connectivity index (χ2n) is 8.26. The lowest BCUT2D eigenvalue weighted by atomic mass is 9.87. The molecule has 0 amide bonds. The fourth-order valence-electron chi connectivity index (χ4n) is 4.72. The molecule has 0 saturated carbocycles. The Bertz CT molecular complexity index is 1170. The van der Waals surface area contributed by atoms with Crippen molar-refractivity contribution in [3.8, 4) is 0 Å². The van der Waals surface area contributed by atoms with Crippen molar-refractivity contribution in [1.82, 2.24) is 19.9 Å². The molecule has 0 radical (unpaired) electrons. The SMILES string of the molecule is Cc1nc(NCc2cccc(C(F)(F)F)c2F)c2cc3n(c2n1)CCOC31CCNCC1. The van der Waals surface area contributed by atoms with Crippen LogP contribution in [0.3, 0.4) is 0 Å². The van der Waals surface area contributed by atoms with Crippen molar-refractivity contribution in [2.24, 2.45) is 0 Å². The number of benzene rings is 1. The molecule has 10 heteroatoms. The smallest absolute Gasteiger partial charge is 0.367 e. The Morgan fingerprint density at radius 1 is 1.22 bits per heavy atom. The van der Waals surface area contributed by atoms with Gasteiger partial charge in [0.25, 0.3) is 0 Å². The standard InChI is InChI=1S/C22H23F4N5O/c1-13-29-19(28-12-14-3-2-4-16(18(14)23)22(24,25)26)15-11-17-21(5-7-27-8-6-21)32-10-9-31(17)20(15)30-13/h2-4,11,27H,5-10,12H2,1H3,(H,28,29,30). The van der Waals surface area contributed by atoms with Gasteiger partial charge in [-0.2, -0.15) is 13.2 Å². The summed E-state index contributed by atoms with van der Waals surface area (Å²) in [5, 5.41) is 7.15. The number of rotatable bonds is 3. The first-order chi connectivity index (χ1) is 15.3. The van der Waals surface area contributed by atoms with Gasteiger partial charge < -0.3 is 19.9 Å². The Morgan fingerprint density at radius 3 is 2.75 bits per heavy atom. The van der Waals surface area contributed by atoms with E-state index in [1.54, 1.807) is 6.92 Å². The first-order valence-electron chi connectivity index (χ1n) is 10.6. The maximum absolute atomic E-state index is 14.5. The van der Waals surface area contributed by atoms with Crippen molar-refractivity contribution >= 4 is 16.9 Å². The van der Waals surface area contributed by atoms with Gasteiger partial charge in [0.05, 0.1) is 23.3 Å². The van der Waals surface area contributed by atoms with E-state index in [4.69, 9.17) is 4.74 Å². The predicted molar refractivity (Wildman–Crippen MR) is 111 cm³/mol. The maximum Gasteiger partial charge on any atom is 0.419 e. The fourth-order valence-corrected chi connectivity index (χ4v) is 4.72. The summed E-state index contributed by atoms with van der Waals surface area (Å²) >= 11 is 0. The number of fused-ring (bicyclic) bond motifs is 4. The molecule has 170 valence electrons. The summed E-state index contributed by atoms with van der Waals surface area (Å²) in [6.07, 6.45) is -3.06. The molecule has 2 aliphatic rings. The Morgan fingerprint density at radius 2 is 2.00 bits per heavy atom. The minimum absolute atomic E-state index is 0.0774. The van der Waals surface area contributed by atoms with Gasteiger partial charge in [-0.1, -0.05) is 12.1 Å². The molecular weight excluding hydrogens is 426 g/mol. The number of nitrogens with one attached hydrogen (secondary N) is 2. The van der Waals surface area contributed by atoms with E-state index in [0.29, 0.717) is 24.8 Å². The van der Waals surface area contributed by atoms with E-state index >= 15 is 0 Å². The topological polar surface area (TPSA) is 64.0 Å². The van der Waals surface area contributed by atoms with Crippen molar-refractivity contribution in [2.75, 3.05) is 25.0 Å². The van der Waals surface area contributed by atoms with Crippen LogP contribution in [0, 0.1) is 12.7 Å². The Hall–Kier alpha value is -2.72. The molecule has 2 N–H and O–H groups in total. The van der Waals surface area contributed by atoms with Gasteiger partial charge >= 0.3 is 6.18 Å². The number of nitrogens with zero attached hydrogens (tertiary/aromatic N) is 3. The molecule has 6 nitrogen and oxygen atoms in total. The van der Waals surface area contributed by atoms with Gasteiger partial charge in [-0.25, -0.2) is 14.4 Å². The van der Waals surface area contributed by atoms with Crippen LogP contribution in [0.15, 0.2) is 24.3 Å². The molecule has 0 atom stereocenters. The highest BCUT2D eigenvalue weighted by Crippen LogP contribution is 2.41. The van der Waals surface area contributed by atoms with Crippen molar-refractivity contribution in [2.45, 2.75) is 44.6 Å². The van der Waals surface area contributed by atoms with E-state index in [2.05, 4.69) is 25.2 Å². The van der Waals surface area contributed by atoms with Crippen LogP contribution in [0.4, 0.5) is 23.4 Å². The highest BCUT2D eigenvalue weighted by atomic mass is 19.4. The minimum atomic E-state index is -4.75. The molecule has 0 bridgehead atoms. The Kier molecular flexibility index (Phi) is 5.09. The third-order valence-corrected chi connectivity index (χ3v) is 6.27. The summed E-state index contributed by atoms with van der Waals surface area (Å²) < 4.78 is 62.0. The van der Waals surface area contributed by atoms with Gasteiger partial charge in [-0.15, -0.1) is 0 Å². The molecule has 1 saturated heterocycles. The Balaban J connectivity index is 1.52. The van der Waals surface area contributed by atoms with Crippen LogP contribution in [0.25, 0.3) is 11.0 Å². The van der Waals surface area contributed by atoms with Crippen molar-refractivity contribution in [1.29, 1.82) is 0 Å². The normalized spacial score (nSPS) is 18.2. The zero-order valence-electron chi connectivity index (χ0n) is 17.5. The minimum Gasteiger partial charge on any atom is -0.367 e. The molecule has 1 aromatic carbocycles. The third-order valence-electron chi connectivity index (χ3n) is 6.27. The molecule has 1 spiro atoms. The molecule has 32 heavy (non-hydrogen) atoms. The molecule has 1 fully saturated rings. The monoisotopic (exact) mass is 449 g/mol. The summed E-state index contributed by atoms with van der Waals surface area (Å²) in [6, 6.07) is 5.29. The van der Waals surface area contributed by atoms with Gasteiger partial charge in [0.1, 0.15) is 28.7 Å². The van der Waals surface area contributed by atoms with Crippen LogP contribution in [0.2, 0.25) is 0 Å². The summed E-state index contributed by atoms with van der Waals surface area (Å²) in [6.45, 7) is 4.57. The average molecular weight is 449 g/mol. The lowest BCUT2D eigenvalue weighted by Gasteiger charge is -2.41. The average Bonchev–Trinajstić information content (AvgIpc) is 3.13. The van der Waals surface area contributed by atoms with E-state index < -0.39 is 17.6 Å². The highest BCUT2D eigenvalue weighted by Gasteiger charge is 2.41. The maximum atomic E-state index is 14.5. The van der Waals surface area contributed by atoms with Crippen LogP contribution in [0.1, 0.15) is 35.5 Å². The Labute approximate surface area is 182 Å². The highest BCUT2D eigenvalue weighted by molar-refractivity contribution is 5.89. The number of anilines is 1. The van der Waals surface area contributed by atoms with Gasteiger partial charge in [0, 0.05) is 18.7 Å². The molecule has 3 aromatic rings. The number of halogens is 4. The van der Waals surface area contributed by atoms with E-state index in [9.17, 15) is 17.6 Å². The van der Waals surface area contributed by atoms with Crippen LogP contribution < -0.4 is 10.6 Å². The number of hydrogen-bond donors (Lipinski definition) is 2. The molecular formula is C22H23F4N5O. The molecule has 5 rings (SSSR count). The molecule has 2 aliphatic heterocycles.